The van der Waals surface area contributed by atoms with Crippen molar-refractivity contribution in [2.75, 3.05) is 13.1 Å². The summed E-state index contributed by atoms with van der Waals surface area (Å²) in [7, 11) is 0. The zero-order chi connectivity index (χ0) is 18.7. The molecule has 6 nitrogen and oxygen atoms in total. The van der Waals surface area contributed by atoms with E-state index in [1.54, 1.807) is 0 Å². The molecule has 1 spiro atoms. The lowest BCUT2D eigenvalue weighted by Gasteiger charge is -2.38. The minimum Gasteiger partial charge on any atom is -0.386 e. The molecule has 1 aromatic carbocycles. The predicted molar refractivity (Wildman–Crippen MR) is 99.5 cm³/mol. The van der Waals surface area contributed by atoms with Gasteiger partial charge < -0.3 is 15.1 Å². The second-order valence-corrected chi connectivity index (χ2v) is 7.68. The summed E-state index contributed by atoms with van der Waals surface area (Å²) in [5, 5.41) is 6.95. The number of aryl methyl sites for hydroxylation is 1. The van der Waals surface area contributed by atoms with Crippen LogP contribution in [0.15, 0.2) is 29.4 Å². The number of hydrogen-bond acceptors (Lipinski definition) is 4. The number of oxime groups is 1. The lowest BCUT2D eigenvalue weighted by molar-refractivity contribution is -0.143. The summed E-state index contributed by atoms with van der Waals surface area (Å²) < 4.78 is 0. The quantitative estimate of drug-likeness (QED) is 0.899. The molecular formula is C20H27N3O3. The van der Waals surface area contributed by atoms with Crippen molar-refractivity contribution in [2.45, 2.75) is 52.2 Å². The van der Waals surface area contributed by atoms with Gasteiger partial charge in [-0.3, -0.25) is 9.59 Å². The molecule has 0 aliphatic carbocycles. The SMILES string of the molecule is Cc1ccc(CNC(=O)C2=NO[C@]3(CCCN(C(=O)C(C)C)C3)C2)cc1. The summed E-state index contributed by atoms with van der Waals surface area (Å²) >= 11 is 0. The molecule has 1 fully saturated rings. The Kier molecular flexibility index (Phi) is 5.30. The van der Waals surface area contributed by atoms with Gasteiger partial charge in [0.2, 0.25) is 5.91 Å². The minimum atomic E-state index is -0.542. The summed E-state index contributed by atoms with van der Waals surface area (Å²) in [5.74, 6) is -0.107. The van der Waals surface area contributed by atoms with Gasteiger partial charge in [-0.05, 0) is 25.3 Å². The van der Waals surface area contributed by atoms with Crippen molar-refractivity contribution < 1.29 is 14.4 Å². The molecule has 26 heavy (non-hydrogen) atoms. The molecule has 0 saturated carbocycles. The number of nitrogens with zero attached hydrogens (tertiary/aromatic N) is 2. The van der Waals surface area contributed by atoms with Crippen LogP contribution >= 0.6 is 0 Å². The van der Waals surface area contributed by atoms with E-state index in [1.165, 1.54) is 5.56 Å². The van der Waals surface area contributed by atoms with E-state index in [9.17, 15) is 9.59 Å². The van der Waals surface area contributed by atoms with Crippen LogP contribution < -0.4 is 5.32 Å². The third-order valence-corrected chi connectivity index (χ3v) is 5.02. The lowest BCUT2D eigenvalue weighted by Crippen LogP contribution is -2.51. The minimum absolute atomic E-state index is 0.0373. The average Bonchev–Trinajstić information content (AvgIpc) is 3.03. The maximum atomic E-state index is 12.4. The molecule has 1 saturated heterocycles. The first-order chi connectivity index (χ1) is 12.4. The van der Waals surface area contributed by atoms with Crippen molar-refractivity contribution in [3.8, 4) is 0 Å². The third-order valence-electron chi connectivity index (χ3n) is 5.02. The van der Waals surface area contributed by atoms with Crippen molar-refractivity contribution >= 4 is 17.5 Å². The van der Waals surface area contributed by atoms with Gasteiger partial charge in [-0.25, -0.2) is 0 Å². The van der Waals surface area contributed by atoms with Gasteiger partial charge in [0, 0.05) is 25.4 Å². The van der Waals surface area contributed by atoms with Crippen LogP contribution in [0.5, 0.6) is 0 Å². The van der Waals surface area contributed by atoms with E-state index >= 15 is 0 Å². The molecule has 140 valence electrons. The highest BCUT2D eigenvalue weighted by Gasteiger charge is 2.45. The van der Waals surface area contributed by atoms with E-state index in [0.717, 1.165) is 24.9 Å². The van der Waals surface area contributed by atoms with E-state index in [1.807, 2.05) is 49.9 Å². The first-order valence-corrected chi connectivity index (χ1v) is 9.26. The van der Waals surface area contributed by atoms with E-state index in [0.29, 0.717) is 25.2 Å². The first-order valence-electron chi connectivity index (χ1n) is 9.26. The van der Waals surface area contributed by atoms with Crippen LogP contribution in [0.25, 0.3) is 0 Å². The van der Waals surface area contributed by atoms with Crippen molar-refractivity contribution in [2.24, 2.45) is 11.1 Å². The van der Waals surface area contributed by atoms with E-state index in [2.05, 4.69) is 10.5 Å². The summed E-state index contributed by atoms with van der Waals surface area (Å²) in [6, 6.07) is 8.05. The van der Waals surface area contributed by atoms with Crippen LogP contribution in [-0.4, -0.2) is 41.1 Å². The molecule has 0 bridgehead atoms. The Morgan fingerprint density at radius 3 is 2.73 bits per heavy atom. The Labute approximate surface area is 154 Å². The smallest absolute Gasteiger partial charge is 0.269 e. The second kappa shape index (κ2) is 7.48. The van der Waals surface area contributed by atoms with Crippen LogP contribution in [0.4, 0.5) is 0 Å². The van der Waals surface area contributed by atoms with Crippen LogP contribution in [-0.2, 0) is 21.0 Å². The Bertz CT molecular complexity index is 712. The van der Waals surface area contributed by atoms with Gasteiger partial charge in [-0.1, -0.05) is 48.8 Å². The highest BCUT2D eigenvalue weighted by molar-refractivity contribution is 6.39. The van der Waals surface area contributed by atoms with Crippen molar-refractivity contribution in [3.05, 3.63) is 35.4 Å². The zero-order valence-electron chi connectivity index (χ0n) is 15.7. The molecule has 1 N–H and O–H groups in total. The number of benzene rings is 1. The Balaban J connectivity index is 1.56. The molecule has 2 aliphatic rings. The van der Waals surface area contributed by atoms with Gasteiger partial charge in [-0.2, -0.15) is 0 Å². The number of amides is 2. The van der Waals surface area contributed by atoms with Crippen LogP contribution in [0, 0.1) is 12.8 Å². The molecule has 0 aromatic heterocycles. The lowest BCUT2D eigenvalue weighted by atomic mass is 9.87. The molecule has 1 atom stereocenters. The fraction of sp³-hybridized carbons (Fsp3) is 0.550. The Morgan fingerprint density at radius 2 is 2.04 bits per heavy atom. The van der Waals surface area contributed by atoms with Gasteiger partial charge in [-0.15, -0.1) is 0 Å². The number of nitrogens with one attached hydrogen (secondary N) is 1. The van der Waals surface area contributed by atoms with Crippen LogP contribution in [0.1, 0.15) is 44.2 Å². The van der Waals surface area contributed by atoms with E-state index in [4.69, 9.17) is 4.84 Å². The van der Waals surface area contributed by atoms with Crippen LogP contribution in [0.3, 0.4) is 0 Å². The number of likely N-dealkylation sites (tertiary alicyclic amines) is 1. The first kappa shape index (κ1) is 18.4. The fourth-order valence-electron chi connectivity index (χ4n) is 3.50. The zero-order valence-corrected chi connectivity index (χ0v) is 15.7. The molecule has 6 heteroatoms. The predicted octanol–water partition coefficient (Wildman–Crippen LogP) is 2.40. The standard InChI is InChI=1S/C20H27N3O3/c1-14(2)19(25)23-10-4-9-20(13-23)11-17(22-26-20)18(24)21-12-16-7-5-15(3)6-8-16/h5-8,14H,4,9-13H2,1-3H3,(H,21,24)/t20-/m1/s1. The normalized spacial score (nSPS) is 22.3. The summed E-state index contributed by atoms with van der Waals surface area (Å²) in [6.45, 7) is 7.55. The number of carbonyl (C=O) groups is 2. The van der Waals surface area contributed by atoms with Crippen molar-refractivity contribution in [1.82, 2.24) is 10.2 Å². The summed E-state index contributed by atoms with van der Waals surface area (Å²) in [6.07, 6.45) is 2.13. The maximum Gasteiger partial charge on any atom is 0.269 e. The molecule has 2 aliphatic heterocycles. The van der Waals surface area contributed by atoms with E-state index < -0.39 is 5.60 Å². The Hall–Kier alpha value is -2.37. The van der Waals surface area contributed by atoms with Crippen molar-refractivity contribution in [1.29, 1.82) is 0 Å². The largest absolute Gasteiger partial charge is 0.386 e. The van der Waals surface area contributed by atoms with Gasteiger partial charge in [0.15, 0.2) is 5.60 Å². The van der Waals surface area contributed by atoms with Gasteiger partial charge in [0.25, 0.3) is 5.91 Å². The second-order valence-electron chi connectivity index (χ2n) is 7.68. The average molecular weight is 357 g/mol. The molecular weight excluding hydrogens is 330 g/mol. The summed E-state index contributed by atoms with van der Waals surface area (Å²) in [5.41, 5.74) is 2.10. The monoisotopic (exact) mass is 357 g/mol. The van der Waals surface area contributed by atoms with Crippen molar-refractivity contribution in [3.63, 3.8) is 0 Å². The summed E-state index contributed by atoms with van der Waals surface area (Å²) in [4.78, 5) is 32.2. The molecule has 3 rings (SSSR count). The number of rotatable bonds is 4. The number of carbonyl (C=O) groups excluding carboxylic acids is 2. The molecule has 2 amide bonds. The topological polar surface area (TPSA) is 71.0 Å². The Morgan fingerprint density at radius 1 is 1.31 bits per heavy atom. The maximum absolute atomic E-state index is 12.4. The van der Waals surface area contributed by atoms with Gasteiger partial charge in [0.05, 0.1) is 6.54 Å². The van der Waals surface area contributed by atoms with Gasteiger partial charge >= 0.3 is 0 Å². The fourth-order valence-corrected chi connectivity index (χ4v) is 3.50. The van der Waals surface area contributed by atoms with E-state index in [-0.39, 0.29) is 17.7 Å². The highest BCUT2D eigenvalue weighted by atomic mass is 16.7. The number of hydrogen-bond donors (Lipinski definition) is 1. The third kappa shape index (κ3) is 4.06. The highest BCUT2D eigenvalue weighted by Crippen LogP contribution is 2.34. The molecule has 1 aromatic rings. The molecule has 2 heterocycles. The van der Waals surface area contributed by atoms with Crippen LogP contribution in [0.2, 0.25) is 0 Å². The molecule has 0 unspecified atom stereocenters. The number of piperidine rings is 1. The van der Waals surface area contributed by atoms with Gasteiger partial charge in [0.1, 0.15) is 5.71 Å². The molecule has 0 radical (unpaired) electrons.